The molecular weight excluding hydrogens is 251 g/mol. The van der Waals surface area contributed by atoms with Crippen LogP contribution in [0.4, 0.5) is 5.69 Å². The molecule has 2 nitrogen and oxygen atoms in total. The van der Waals surface area contributed by atoms with Crippen LogP contribution < -0.4 is 0 Å². The molecule has 1 aromatic rings. The molecule has 1 aromatic carbocycles. The van der Waals surface area contributed by atoms with Crippen LogP contribution >= 0.6 is 39.1 Å². The molecule has 0 fully saturated rings. The summed E-state index contributed by atoms with van der Waals surface area (Å²) in [7, 11) is 0. The molecule has 0 saturated heterocycles. The lowest BCUT2D eigenvalue weighted by Gasteiger charge is -1.89. The summed E-state index contributed by atoms with van der Waals surface area (Å²) in [5.74, 6) is 0. The third kappa shape index (κ3) is 1.84. The Bertz CT molecular complexity index is 309. The van der Waals surface area contributed by atoms with E-state index in [2.05, 4.69) is 20.9 Å². The molecule has 0 bridgehead atoms. The third-order valence-corrected chi connectivity index (χ3v) is 2.12. The van der Waals surface area contributed by atoms with E-state index in [-0.39, 0.29) is 5.69 Å². The molecule has 0 spiro atoms. The summed E-state index contributed by atoms with van der Waals surface area (Å²) in [4.78, 5) is 2.93. The number of rotatable bonds is 0. The Labute approximate surface area is 81.9 Å². The monoisotopic (exact) mass is 251 g/mol. The van der Waals surface area contributed by atoms with Crippen LogP contribution in [0.15, 0.2) is 16.6 Å². The molecule has 0 aliphatic carbocycles. The van der Waals surface area contributed by atoms with Gasteiger partial charge in [0.05, 0.1) is 0 Å². The maximum atomic E-state index is 8.43. The fourth-order valence-corrected chi connectivity index (χ4v) is 1.91. The van der Waals surface area contributed by atoms with Crippen LogP contribution in [0.5, 0.6) is 0 Å². The number of diazo groups is 1. The molecule has 1 rings (SSSR count). The van der Waals surface area contributed by atoms with Gasteiger partial charge in [0, 0.05) is 4.47 Å². The van der Waals surface area contributed by atoms with Crippen molar-refractivity contribution in [3.05, 3.63) is 31.6 Å². The number of hydrogen-bond donors (Lipinski definition) is 0. The van der Waals surface area contributed by atoms with Gasteiger partial charge in [0.2, 0.25) is 5.39 Å². The molecule has 0 saturated carbocycles. The fourth-order valence-electron chi connectivity index (χ4n) is 0.630. The standard InChI is InChI=1S/C6H2BrCl2N2/c7-3-1-4(8)6(11-10)5(9)2-3/h1-2H/q+1. The van der Waals surface area contributed by atoms with E-state index in [9.17, 15) is 0 Å². The van der Waals surface area contributed by atoms with Crippen LogP contribution in [-0.4, -0.2) is 0 Å². The van der Waals surface area contributed by atoms with Gasteiger partial charge in [0.1, 0.15) is 10.0 Å². The third-order valence-electron chi connectivity index (χ3n) is 1.08. The highest BCUT2D eigenvalue weighted by Crippen LogP contribution is 2.35. The predicted molar refractivity (Wildman–Crippen MR) is 48.9 cm³/mol. The highest BCUT2D eigenvalue weighted by molar-refractivity contribution is 9.10. The van der Waals surface area contributed by atoms with E-state index in [1.165, 1.54) is 0 Å². The largest absolute Gasteiger partial charge is 0.421 e. The minimum absolute atomic E-state index is 0.191. The zero-order chi connectivity index (χ0) is 8.43. The molecule has 56 valence electrons. The van der Waals surface area contributed by atoms with E-state index >= 15 is 0 Å². The van der Waals surface area contributed by atoms with Crippen LogP contribution in [0.2, 0.25) is 10.0 Å². The first-order valence-corrected chi connectivity index (χ1v) is 4.19. The van der Waals surface area contributed by atoms with Crippen molar-refractivity contribution < 1.29 is 0 Å². The van der Waals surface area contributed by atoms with Crippen LogP contribution in [0, 0.1) is 5.39 Å². The van der Waals surface area contributed by atoms with Gasteiger partial charge < -0.3 is 0 Å². The molecule has 0 N–H and O–H groups in total. The molecule has 11 heavy (non-hydrogen) atoms. The second kappa shape index (κ2) is 3.40. The molecule has 0 amide bonds. The van der Waals surface area contributed by atoms with Crippen molar-refractivity contribution in [3.8, 4) is 0 Å². The lowest BCUT2D eigenvalue weighted by molar-refractivity contribution is 1.46. The van der Waals surface area contributed by atoms with Gasteiger partial charge in [-0.1, -0.05) is 39.1 Å². The average Bonchev–Trinajstić information content (AvgIpc) is 1.85. The lowest BCUT2D eigenvalue weighted by atomic mass is 10.3. The first kappa shape index (κ1) is 8.79. The van der Waals surface area contributed by atoms with E-state index in [4.69, 9.17) is 28.6 Å². The Morgan fingerprint density at radius 1 is 1.27 bits per heavy atom. The molecular formula is C6H2BrCl2N2+. The van der Waals surface area contributed by atoms with Gasteiger partial charge in [-0.25, -0.2) is 0 Å². The quantitative estimate of drug-likeness (QED) is 0.635. The van der Waals surface area contributed by atoms with Crippen molar-refractivity contribution in [2.24, 2.45) is 0 Å². The summed E-state index contributed by atoms with van der Waals surface area (Å²) < 4.78 is 0.750. The van der Waals surface area contributed by atoms with Gasteiger partial charge in [-0.05, 0) is 12.1 Å². The highest BCUT2D eigenvalue weighted by atomic mass is 79.9. The fraction of sp³-hybridized carbons (Fsp3) is 0. The zero-order valence-electron chi connectivity index (χ0n) is 5.18. The highest BCUT2D eigenvalue weighted by Gasteiger charge is 2.17. The van der Waals surface area contributed by atoms with Crippen LogP contribution in [0.1, 0.15) is 0 Å². The van der Waals surface area contributed by atoms with E-state index in [1.54, 1.807) is 12.1 Å². The molecule has 0 heterocycles. The normalized spacial score (nSPS) is 9.27. The van der Waals surface area contributed by atoms with Crippen molar-refractivity contribution in [2.45, 2.75) is 0 Å². The first-order chi connectivity index (χ1) is 5.15. The lowest BCUT2D eigenvalue weighted by Crippen LogP contribution is -1.70. The summed E-state index contributed by atoms with van der Waals surface area (Å²) in [6.45, 7) is 0. The SMILES string of the molecule is N#[N+]c1c(Cl)cc(Br)cc1Cl. The molecule has 0 aromatic heterocycles. The van der Waals surface area contributed by atoms with Crippen molar-refractivity contribution >= 4 is 44.8 Å². The van der Waals surface area contributed by atoms with Gasteiger partial charge in [0.15, 0.2) is 4.98 Å². The molecule has 0 atom stereocenters. The molecule has 0 unspecified atom stereocenters. The number of benzene rings is 1. The topological polar surface area (TPSA) is 28.1 Å². The Balaban J connectivity index is 3.40. The summed E-state index contributed by atoms with van der Waals surface area (Å²) in [5.41, 5.74) is 0.191. The van der Waals surface area contributed by atoms with E-state index in [0.29, 0.717) is 10.0 Å². The van der Waals surface area contributed by atoms with Crippen molar-refractivity contribution in [1.82, 2.24) is 0 Å². The average molecular weight is 253 g/mol. The van der Waals surface area contributed by atoms with E-state index in [0.717, 1.165) is 4.47 Å². The van der Waals surface area contributed by atoms with E-state index in [1.807, 2.05) is 0 Å². The Morgan fingerprint density at radius 3 is 2.09 bits per heavy atom. The minimum atomic E-state index is 0.191. The van der Waals surface area contributed by atoms with Gasteiger partial charge in [0.25, 0.3) is 0 Å². The van der Waals surface area contributed by atoms with Crippen LogP contribution in [0.3, 0.4) is 0 Å². The first-order valence-electron chi connectivity index (χ1n) is 2.65. The number of hydrogen-bond acceptors (Lipinski definition) is 1. The number of halogens is 3. The van der Waals surface area contributed by atoms with Gasteiger partial charge >= 0.3 is 5.69 Å². The Hall–Kier alpha value is -0.300. The summed E-state index contributed by atoms with van der Waals surface area (Å²) >= 11 is 14.5. The molecule has 5 heteroatoms. The van der Waals surface area contributed by atoms with Crippen molar-refractivity contribution in [3.63, 3.8) is 0 Å². The summed E-state index contributed by atoms with van der Waals surface area (Å²) in [6, 6.07) is 3.20. The molecule has 0 aliphatic rings. The van der Waals surface area contributed by atoms with Crippen LogP contribution in [0.25, 0.3) is 4.98 Å². The van der Waals surface area contributed by atoms with Gasteiger partial charge in [-0.2, -0.15) is 0 Å². The summed E-state index contributed by atoms with van der Waals surface area (Å²) in [5, 5.41) is 9.05. The second-order valence-electron chi connectivity index (χ2n) is 1.82. The van der Waals surface area contributed by atoms with Crippen LogP contribution in [-0.2, 0) is 0 Å². The van der Waals surface area contributed by atoms with Gasteiger partial charge in [-0.15, -0.1) is 0 Å². The Kier molecular flexibility index (Phi) is 2.72. The minimum Gasteiger partial charge on any atom is -0.0754 e. The molecule has 0 radical (unpaired) electrons. The Morgan fingerprint density at radius 2 is 1.73 bits per heavy atom. The zero-order valence-corrected chi connectivity index (χ0v) is 8.28. The van der Waals surface area contributed by atoms with Crippen molar-refractivity contribution in [1.29, 1.82) is 5.39 Å². The molecule has 0 aliphatic heterocycles. The smallest absolute Gasteiger partial charge is 0.0754 e. The second-order valence-corrected chi connectivity index (χ2v) is 3.55. The van der Waals surface area contributed by atoms with Crippen molar-refractivity contribution in [2.75, 3.05) is 0 Å². The maximum Gasteiger partial charge on any atom is 0.421 e. The predicted octanol–water partition coefficient (Wildman–Crippen LogP) is 4.24. The van der Waals surface area contributed by atoms with E-state index < -0.39 is 0 Å². The maximum absolute atomic E-state index is 8.43. The number of nitrogens with zero attached hydrogens (tertiary/aromatic N) is 2. The van der Waals surface area contributed by atoms with Gasteiger partial charge in [-0.3, -0.25) is 0 Å². The summed E-state index contributed by atoms with van der Waals surface area (Å²) in [6.07, 6.45) is 0.